The van der Waals surface area contributed by atoms with E-state index in [0.717, 1.165) is 11.3 Å². The van der Waals surface area contributed by atoms with Crippen LogP contribution in [0.25, 0.3) is 0 Å². The number of hydrogen-bond donors (Lipinski definition) is 2. The first kappa shape index (κ1) is 15.9. The maximum absolute atomic E-state index is 12.1. The van der Waals surface area contributed by atoms with Crippen LogP contribution in [-0.2, 0) is 19.6 Å². The number of rotatable bonds is 5. The fourth-order valence-electron chi connectivity index (χ4n) is 1.97. The largest absolute Gasteiger partial charge is 0.481 e. The number of carboxylic acids is 1. The molecule has 9 heteroatoms. The number of nitrogens with one attached hydrogen (secondary N) is 1. The summed E-state index contributed by atoms with van der Waals surface area (Å²) in [4.78, 5) is 11.4. The first-order valence-electron chi connectivity index (χ1n) is 5.92. The number of carboxylic acid groups (broad SMARTS) is 1. The molecule has 112 valence electrons. The molecule has 0 atom stereocenters. The molecule has 20 heavy (non-hydrogen) atoms. The van der Waals surface area contributed by atoms with Crippen LogP contribution in [-0.4, -0.2) is 39.3 Å². The second kappa shape index (κ2) is 6.10. The lowest BCUT2D eigenvalue weighted by Gasteiger charge is -2.32. The van der Waals surface area contributed by atoms with Crippen LogP contribution in [0.1, 0.15) is 12.8 Å². The van der Waals surface area contributed by atoms with Crippen LogP contribution in [0.5, 0.6) is 0 Å². The summed E-state index contributed by atoms with van der Waals surface area (Å²) >= 11 is 4.28. The summed E-state index contributed by atoms with van der Waals surface area (Å²) < 4.78 is 32.6. The minimum absolute atomic E-state index is 0.121. The zero-order valence-electron chi connectivity index (χ0n) is 10.5. The van der Waals surface area contributed by atoms with Gasteiger partial charge in [0.1, 0.15) is 4.21 Å². The van der Waals surface area contributed by atoms with E-state index in [1.54, 1.807) is 6.07 Å². The van der Waals surface area contributed by atoms with Crippen molar-refractivity contribution in [3.05, 3.63) is 15.9 Å². The van der Waals surface area contributed by atoms with Gasteiger partial charge in [0.15, 0.2) is 0 Å². The van der Waals surface area contributed by atoms with Crippen molar-refractivity contribution in [1.29, 1.82) is 0 Å². The third kappa shape index (κ3) is 3.40. The number of thiophene rings is 1. The Morgan fingerprint density at radius 2 is 2.10 bits per heavy atom. The molecule has 0 spiro atoms. The minimum atomic E-state index is -3.68. The lowest BCUT2D eigenvalue weighted by molar-refractivity contribution is -0.154. The Labute approximate surface area is 129 Å². The topological polar surface area (TPSA) is 92.7 Å². The lowest BCUT2D eigenvalue weighted by atomic mass is 9.80. The molecule has 0 aliphatic carbocycles. The fourth-order valence-corrected chi connectivity index (χ4v) is 5.16. The fraction of sp³-hybridized carbons (Fsp3) is 0.545. The third-order valence-electron chi connectivity index (χ3n) is 3.32. The zero-order chi connectivity index (χ0) is 14.8. The van der Waals surface area contributed by atoms with Crippen LogP contribution in [0.3, 0.4) is 0 Å². The highest BCUT2D eigenvalue weighted by Crippen LogP contribution is 2.31. The smallest absolute Gasteiger partial charge is 0.311 e. The average molecular weight is 384 g/mol. The molecular formula is C11H14BrNO5S2. The summed E-state index contributed by atoms with van der Waals surface area (Å²) in [7, 11) is -3.68. The maximum Gasteiger partial charge on any atom is 0.311 e. The van der Waals surface area contributed by atoms with Crippen molar-refractivity contribution in [3.63, 3.8) is 0 Å². The van der Waals surface area contributed by atoms with E-state index in [0.29, 0.717) is 29.8 Å². The first-order valence-corrected chi connectivity index (χ1v) is 9.01. The van der Waals surface area contributed by atoms with E-state index in [2.05, 4.69) is 20.7 Å². The molecule has 0 aromatic carbocycles. The van der Waals surface area contributed by atoms with E-state index in [1.165, 1.54) is 6.07 Å². The van der Waals surface area contributed by atoms with Crippen molar-refractivity contribution in [2.75, 3.05) is 19.8 Å². The second-order valence-corrected chi connectivity index (χ2v) is 9.04. The Hall–Kier alpha value is -0.480. The Morgan fingerprint density at radius 3 is 2.60 bits per heavy atom. The molecule has 2 rings (SSSR count). The molecule has 0 bridgehead atoms. The van der Waals surface area contributed by atoms with Crippen LogP contribution >= 0.6 is 27.3 Å². The van der Waals surface area contributed by atoms with Gasteiger partial charge < -0.3 is 9.84 Å². The Balaban J connectivity index is 2.11. The van der Waals surface area contributed by atoms with E-state index in [-0.39, 0.29) is 10.8 Å². The van der Waals surface area contributed by atoms with Crippen molar-refractivity contribution in [1.82, 2.24) is 4.72 Å². The van der Waals surface area contributed by atoms with Gasteiger partial charge in [0.2, 0.25) is 10.0 Å². The number of sulfonamides is 1. The molecule has 1 aliphatic rings. The number of halogens is 1. The second-order valence-electron chi connectivity index (χ2n) is 4.58. The summed E-state index contributed by atoms with van der Waals surface area (Å²) in [6, 6.07) is 3.12. The van der Waals surface area contributed by atoms with Crippen LogP contribution in [0, 0.1) is 5.41 Å². The molecule has 1 saturated heterocycles. The average Bonchev–Trinajstić information content (AvgIpc) is 2.85. The van der Waals surface area contributed by atoms with Gasteiger partial charge >= 0.3 is 5.97 Å². The van der Waals surface area contributed by atoms with Gasteiger partial charge in [-0.15, -0.1) is 11.3 Å². The number of hydrogen-bond acceptors (Lipinski definition) is 5. The molecule has 2 N–H and O–H groups in total. The van der Waals surface area contributed by atoms with Gasteiger partial charge in [0.25, 0.3) is 0 Å². The standard InChI is InChI=1S/C11H14BrNO5S2/c12-8-1-2-9(19-8)20(16,17)13-7-11(10(14)15)3-5-18-6-4-11/h1-2,13H,3-7H2,(H,14,15). The van der Waals surface area contributed by atoms with Gasteiger partial charge in [-0.1, -0.05) is 0 Å². The molecule has 2 heterocycles. The molecule has 1 fully saturated rings. The van der Waals surface area contributed by atoms with E-state index in [4.69, 9.17) is 4.74 Å². The van der Waals surface area contributed by atoms with Gasteiger partial charge in [-0.25, -0.2) is 13.1 Å². The van der Waals surface area contributed by atoms with Crippen molar-refractivity contribution >= 4 is 43.3 Å². The van der Waals surface area contributed by atoms with Crippen LogP contribution in [0.15, 0.2) is 20.1 Å². The van der Waals surface area contributed by atoms with Crippen molar-refractivity contribution in [3.8, 4) is 0 Å². The van der Waals surface area contributed by atoms with Crippen LogP contribution < -0.4 is 4.72 Å². The number of carbonyl (C=O) groups is 1. The molecule has 0 saturated carbocycles. The highest BCUT2D eigenvalue weighted by atomic mass is 79.9. The minimum Gasteiger partial charge on any atom is -0.481 e. The summed E-state index contributed by atoms with van der Waals surface area (Å²) in [5.41, 5.74) is -1.08. The first-order chi connectivity index (χ1) is 9.36. The lowest BCUT2D eigenvalue weighted by Crippen LogP contribution is -2.46. The summed E-state index contributed by atoms with van der Waals surface area (Å²) in [5, 5.41) is 9.37. The zero-order valence-corrected chi connectivity index (χ0v) is 13.7. The SMILES string of the molecule is O=C(O)C1(CNS(=O)(=O)c2ccc(Br)s2)CCOCC1. The summed E-state index contributed by atoms with van der Waals surface area (Å²) in [6.07, 6.45) is 0.609. The Bertz CT molecular complexity index is 592. The molecule has 1 aromatic rings. The third-order valence-corrected chi connectivity index (χ3v) is 6.83. The van der Waals surface area contributed by atoms with E-state index in [9.17, 15) is 18.3 Å². The van der Waals surface area contributed by atoms with Gasteiger partial charge in [0, 0.05) is 19.8 Å². The molecular weight excluding hydrogens is 370 g/mol. The molecule has 1 aliphatic heterocycles. The van der Waals surface area contributed by atoms with Crippen molar-refractivity contribution < 1.29 is 23.1 Å². The van der Waals surface area contributed by atoms with Crippen LogP contribution in [0.4, 0.5) is 0 Å². The van der Waals surface area contributed by atoms with E-state index >= 15 is 0 Å². The molecule has 6 nitrogen and oxygen atoms in total. The van der Waals surface area contributed by atoms with E-state index < -0.39 is 21.4 Å². The summed E-state index contributed by atoms with van der Waals surface area (Å²) in [5.74, 6) is -0.990. The Morgan fingerprint density at radius 1 is 1.45 bits per heavy atom. The predicted molar refractivity (Wildman–Crippen MR) is 77.3 cm³/mol. The van der Waals surface area contributed by atoms with Crippen molar-refractivity contribution in [2.45, 2.75) is 17.1 Å². The van der Waals surface area contributed by atoms with Gasteiger partial charge in [-0.2, -0.15) is 0 Å². The van der Waals surface area contributed by atoms with Gasteiger partial charge in [-0.3, -0.25) is 4.79 Å². The predicted octanol–water partition coefficient (Wildman–Crippen LogP) is 1.67. The molecule has 0 radical (unpaired) electrons. The highest BCUT2D eigenvalue weighted by molar-refractivity contribution is 9.11. The molecule has 1 aromatic heterocycles. The Kier molecular flexibility index (Phi) is 4.85. The van der Waals surface area contributed by atoms with Crippen molar-refractivity contribution in [2.24, 2.45) is 5.41 Å². The van der Waals surface area contributed by atoms with Gasteiger partial charge in [0.05, 0.1) is 9.20 Å². The normalized spacial score (nSPS) is 18.9. The molecule has 0 unspecified atom stereocenters. The quantitative estimate of drug-likeness (QED) is 0.806. The molecule has 0 amide bonds. The maximum atomic E-state index is 12.1. The number of ether oxygens (including phenoxy) is 1. The van der Waals surface area contributed by atoms with E-state index in [1.807, 2.05) is 0 Å². The highest BCUT2D eigenvalue weighted by Gasteiger charge is 2.41. The van der Waals surface area contributed by atoms with Crippen LogP contribution in [0.2, 0.25) is 0 Å². The number of aliphatic carboxylic acids is 1. The van der Waals surface area contributed by atoms with Gasteiger partial charge in [-0.05, 0) is 40.9 Å². The summed E-state index contributed by atoms with van der Waals surface area (Å²) in [6.45, 7) is 0.542. The monoisotopic (exact) mass is 383 g/mol.